The van der Waals surface area contributed by atoms with Gasteiger partial charge < -0.3 is 14.6 Å². The van der Waals surface area contributed by atoms with Gasteiger partial charge in [0.1, 0.15) is 0 Å². The number of aliphatic hydroxyl groups excluding tert-OH is 1. The monoisotopic (exact) mass is 456 g/mol. The Kier molecular flexibility index (Phi) is 9.96. The molecule has 2 saturated heterocycles. The van der Waals surface area contributed by atoms with E-state index in [0.29, 0.717) is 11.8 Å². The van der Waals surface area contributed by atoms with Crippen LogP contribution < -0.4 is 0 Å². The third-order valence-corrected chi connectivity index (χ3v) is 10.1. The second kappa shape index (κ2) is 12.0. The Bertz CT molecular complexity index is 520. The molecule has 0 aromatic heterocycles. The fraction of sp³-hybridized carbons (Fsp3) is 0.920. The minimum absolute atomic E-state index is 0.106. The molecule has 5 heteroatoms. The van der Waals surface area contributed by atoms with Gasteiger partial charge in [0.15, 0.2) is 5.79 Å². The average molecular weight is 457 g/mol. The molecular formula is C25H44O3S2. The number of ether oxygens (including phenoxy) is 2. The Labute approximate surface area is 193 Å². The quantitative estimate of drug-likeness (QED) is 0.278. The van der Waals surface area contributed by atoms with E-state index < -0.39 is 5.79 Å². The molecule has 1 spiro atoms. The van der Waals surface area contributed by atoms with Crippen LogP contribution in [0.1, 0.15) is 85.0 Å². The van der Waals surface area contributed by atoms with Crippen molar-refractivity contribution in [2.75, 3.05) is 24.7 Å². The zero-order valence-corrected chi connectivity index (χ0v) is 21.1. The Morgan fingerprint density at radius 1 is 1.03 bits per heavy atom. The van der Waals surface area contributed by atoms with Crippen LogP contribution in [0.25, 0.3) is 0 Å². The lowest BCUT2D eigenvalue weighted by atomic mass is 9.86. The first-order valence-corrected chi connectivity index (χ1v) is 14.4. The first-order chi connectivity index (χ1) is 14.4. The highest BCUT2D eigenvalue weighted by molar-refractivity contribution is 8.20. The summed E-state index contributed by atoms with van der Waals surface area (Å²) in [6, 6.07) is 0. The maximum atomic E-state index is 10.5. The highest BCUT2D eigenvalue weighted by Gasteiger charge is 2.52. The first-order valence-electron chi connectivity index (χ1n) is 12.3. The molecule has 30 heavy (non-hydrogen) atoms. The maximum Gasteiger partial charge on any atom is 0.171 e. The first kappa shape index (κ1) is 25.0. The molecule has 2 aliphatic heterocycles. The summed E-state index contributed by atoms with van der Waals surface area (Å²) in [5.41, 5.74) is 0.106. The van der Waals surface area contributed by atoms with E-state index in [9.17, 15) is 5.11 Å². The smallest absolute Gasteiger partial charge is 0.171 e. The van der Waals surface area contributed by atoms with Crippen molar-refractivity contribution in [2.45, 2.75) is 101 Å². The number of thioether (sulfide) groups is 2. The van der Waals surface area contributed by atoms with Crippen molar-refractivity contribution < 1.29 is 14.6 Å². The minimum atomic E-state index is -0.399. The fourth-order valence-electron chi connectivity index (χ4n) is 5.04. The van der Waals surface area contributed by atoms with Crippen molar-refractivity contribution in [1.29, 1.82) is 0 Å². The summed E-state index contributed by atoms with van der Waals surface area (Å²) in [4.78, 5) is 0. The van der Waals surface area contributed by atoms with Gasteiger partial charge in [-0.2, -0.15) is 0 Å². The lowest BCUT2D eigenvalue weighted by Crippen LogP contribution is -2.50. The molecule has 2 heterocycles. The molecule has 0 aromatic carbocycles. The molecule has 3 fully saturated rings. The molecule has 1 N–H and O–H groups in total. The summed E-state index contributed by atoms with van der Waals surface area (Å²) in [7, 11) is 0. The lowest BCUT2D eigenvalue weighted by molar-refractivity contribution is -0.316. The van der Waals surface area contributed by atoms with Crippen molar-refractivity contribution in [2.24, 2.45) is 17.3 Å². The molecule has 0 aromatic rings. The molecule has 1 saturated carbocycles. The van der Waals surface area contributed by atoms with Gasteiger partial charge in [-0.05, 0) is 31.6 Å². The molecule has 3 aliphatic rings. The number of allylic oxidation sites excluding steroid dienone is 1. The van der Waals surface area contributed by atoms with E-state index in [1.807, 2.05) is 0 Å². The number of hydrogen-bond acceptors (Lipinski definition) is 5. The van der Waals surface area contributed by atoms with Crippen LogP contribution in [0.15, 0.2) is 12.2 Å². The van der Waals surface area contributed by atoms with Crippen LogP contribution in [0, 0.1) is 17.3 Å². The number of unbranched alkanes of at least 4 members (excludes halogenated alkanes) is 4. The van der Waals surface area contributed by atoms with Crippen LogP contribution >= 0.6 is 23.5 Å². The normalized spacial score (nSPS) is 29.9. The van der Waals surface area contributed by atoms with Gasteiger partial charge in [0.25, 0.3) is 0 Å². The Morgan fingerprint density at radius 3 is 2.43 bits per heavy atom. The third-order valence-electron chi connectivity index (χ3n) is 6.91. The maximum absolute atomic E-state index is 10.5. The predicted molar refractivity (Wildman–Crippen MR) is 131 cm³/mol. The second-order valence-electron chi connectivity index (χ2n) is 10.3. The predicted octanol–water partition coefficient (Wildman–Crippen LogP) is 6.65. The van der Waals surface area contributed by atoms with E-state index >= 15 is 0 Å². The van der Waals surface area contributed by atoms with E-state index in [4.69, 9.17) is 9.47 Å². The number of aliphatic hydroxyl groups is 1. The van der Waals surface area contributed by atoms with Crippen molar-refractivity contribution in [1.82, 2.24) is 0 Å². The second-order valence-corrected chi connectivity index (χ2v) is 13.2. The van der Waals surface area contributed by atoms with Gasteiger partial charge in [-0.15, -0.1) is 23.5 Å². The van der Waals surface area contributed by atoms with Gasteiger partial charge in [0, 0.05) is 29.3 Å². The van der Waals surface area contributed by atoms with Crippen molar-refractivity contribution in [3.05, 3.63) is 12.2 Å². The summed E-state index contributed by atoms with van der Waals surface area (Å²) >= 11 is 4.24. The van der Waals surface area contributed by atoms with Crippen LogP contribution in [0.2, 0.25) is 0 Å². The van der Waals surface area contributed by atoms with E-state index in [1.165, 1.54) is 43.6 Å². The summed E-state index contributed by atoms with van der Waals surface area (Å²) in [5, 5.41) is 10.5. The van der Waals surface area contributed by atoms with Crippen LogP contribution in [-0.2, 0) is 9.47 Å². The van der Waals surface area contributed by atoms with Gasteiger partial charge in [0.2, 0.25) is 0 Å². The molecule has 3 atom stereocenters. The van der Waals surface area contributed by atoms with Crippen molar-refractivity contribution in [3.8, 4) is 0 Å². The zero-order chi connectivity index (χ0) is 21.5. The molecule has 1 unspecified atom stereocenters. The number of hydrogen-bond donors (Lipinski definition) is 1. The van der Waals surface area contributed by atoms with Gasteiger partial charge in [-0.1, -0.05) is 65.0 Å². The zero-order valence-electron chi connectivity index (χ0n) is 19.4. The molecule has 3 nitrogen and oxygen atoms in total. The van der Waals surface area contributed by atoms with Gasteiger partial charge in [0.05, 0.1) is 23.9 Å². The summed E-state index contributed by atoms with van der Waals surface area (Å²) in [5.74, 6) is 3.05. The van der Waals surface area contributed by atoms with Gasteiger partial charge >= 0.3 is 0 Å². The average Bonchev–Trinajstić information content (AvgIpc) is 3.35. The van der Waals surface area contributed by atoms with Crippen LogP contribution in [0.3, 0.4) is 0 Å². The van der Waals surface area contributed by atoms with Crippen LogP contribution in [0.4, 0.5) is 0 Å². The summed E-state index contributed by atoms with van der Waals surface area (Å²) < 4.78 is 13.7. The van der Waals surface area contributed by atoms with E-state index in [0.717, 1.165) is 49.9 Å². The minimum Gasteiger partial charge on any atom is -0.389 e. The largest absolute Gasteiger partial charge is 0.389 e. The topological polar surface area (TPSA) is 38.7 Å². The van der Waals surface area contributed by atoms with Crippen molar-refractivity contribution >= 4 is 23.5 Å². The molecule has 0 radical (unpaired) electrons. The van der Waals surface area contributed by atoms with Gasteiger partial charge in [-0.25, -0.2) is 0 Å². The summed E-state index contributed by atoms with van der Waals surface area (Å²) in [6.45, 7) is 8.27. The molecule has 0 amide bonds. The van der Waals surface area contributed by atoms with E-state index in [-0.39, 0.29) is 11.5 Å². The Balaban J connectivity index is 1.56. The molecule has 1 aliphatic carbocycles. The van der Waals surface area contributed by atoms with E-state index in [2.05, 4.69) is 56.4 Å². The highest BCUT2D eigenvalue weighted by Crippen LogP contribution is 2.51. The molecular weight excluding hydrogens is 412 g/mol. The Morgan fingerprint density at radius 2 is 1.73 bits per heavy atom. The number of rotatable bonds is 11. The van der Waals surface area contributed by atoms with Crippen LogP contribution in [-0.4, -0.2) is 46.3 Å². The standard InChI is InChI=1S/C25H44O3S2/c1-4-5-6-7-8-9-21(26)11-10-20-14-15-25(27-18-24(2,3)19-28-25)22(20)12-13-23-29-16-17-30-23/h10-11,20-23,26H,4-9,12-19H2,1-3H3/t20-,21?,22+/m0/s1. The fourth-order valence-corrected chi connectivity index (χ4v) is 7.90. The van der Waals surface area contributed by atoms with Gasteiger partial charge in [-0.3, -0.25) is 0 Å². The SMILES string of the molecule is CCCCCCCC(O)C=C[C@H]1CCC2(OCC(C)(C)CO2)[C@@H]1CCC1SCCS1. The molecule has 174 valence electrons. The molecule has 3 rings (SSSR count). The highest BCUT2D eigenvalue weighted by atomic mass is 32.2. The van der Waals surface area contributed by atoms with Crippen molar-refractivity contribution in [3.63, 3.8) is 0 Å². The van der Waals surface area contributed by atoms with Crippen LogP contribution in [0.5, 0.6) is 0 Å². The van der Waals surface area contributed by atoms with E-state index in [1.54, 1.807) is 0 Å². The lowest BCUT2D eigenvalue weighted by Gasteiger charge is -2.45. The summed E-state index contributed by atoms with van der Waals surface area (Å²) in [6.07, 6.45) is 15.7. The Hall–Kier alpha value is 0.320. The molecule has 0 bridgehead atoms. The third kappa shape index (κ3) is 7.16.